The first kappa shape index (κ1) is 12.8. The van der Waals surface area contributed by atoms with Crippen LogP contribution < -0.4 is 4.90 Å². The Hall–Kier alpha value is -1.26. The number of morpholine rings is 1. The van der Waals surface area contributed by atoms with Gasteiger partial charge in [-0.2, -0.15) is 0 Å². The van der Waals surface area contributed by atoms with Gasteiger partial charge in [0.1, 0.15) is 5.75 Å². The Bertz CT molecular complexity index is 298. The van der Waals surface area contributed by atoms with E-state index in [9.17, 15) is 5.11 Å². The third-order valence-electron chi connectivity index (χ3n) is 2.21. The number of phenolic OH excluding ortho intramolecular Hbond substituents is 1. The molecule has 0 radical (unpaired) electrons. The summed E-state index contributed by atoms with van der Waals surface area (Å²) in [6.07, 6.45) is 0. The van der Waals surface area contributed by atoms with E-state index in [0.717, 1.165) is 32.0 Å². The van der Waals surface area contributed by atoms with Gasteiger partial charge in [-0.25, -0.2) is 0 Å². The van der Waals surface area contributed by atoms with E-state index in [4.69, 9.17) is 9.84 Å². The lowest BCUT2D eigenvalue weighted by Crippen LogP contribution is -2.36. The third-order valence-corrected chi connectivity index (χ3v) is 2.21. The summed E-state index contributed by atoms with van der Waals surface area (Å²) in [6, 6.07) is 7.33. The van der Waals surface area contributed by atoms with E-state index >= 15 is 0 Å². The number of phenols is 1. The highest BCUT2D eigenvalue weighted by molar-refractivity contribution is 5.50. The van der Waals surface area contributed by atoms with Crippen LogP contribution in [0.15, 0.2) is 24.3 Å². The van der Waals surface area contributed by atoms with Crippen LogP contribution in [0.4, 0.5) is 5.69 Å². The van der Waals surface area contributed by atoms with E-state index in [1.807, 2.05) is 12.1 Å². The molecule has 90 valence electrons. The minimum atomic E-state index is 0.250. The number of hydrogen-bond acceptors (Lipinski definition) is 4. The Morgan fingerprint density at radius 3 is 2.50 bits per heavy atom. The Balaban J connectivity index is 0.000000386. The molecular weight excluding hydrogens is 206 g/mol. The van der Waals surface area contributed by atoms with E-state index in [1.165, 1.54) is 0 Å². The molecule has 4 heteroatoms. The Morgan fingerprint density at radius 2 is 1.94 bits per heavy atom. The Morgan fingerprint density at radius 1 is 1.31 bits per heavy atom. The number of aromatic hydroxyl groups is 1. The quantitative estimate of drug-likeness (QED) is 0.754. The highest BCUT2D eigenvalue weighted by atomic mass is 16.5. The molecule has 4 nitrogen and oxygen atoms in total. The van der Waals surface area contributed by atoms with Crippen molar-refractivity contribution in [2.75, 3.05) is 37.8 Å². The molecule has 0 unspecified atom stereocenters. The minimum Gasteiger partial charge on any atom is -0.508 e. The summed E-state index contributed by atoms with van der Waals surface area (Å²) >= 11 is 0. The van der Waals surface area contributed by atoms with Gasteiger partial charge in [0, 0.05) is 31.5 Å². The summed E-state index contributed by atoms with van der Waals surface area (Å²) in [5, 5.41) is 16.9. The summed E-state index contributed by atoms with van der Waals surface area (Å²) in [5.41, 5.74) is 1.07. The number of aliphatic hydroxyl groups excluding tert-OH is 1. The average Bonchev–Trinajstić information content (AvgIpc) is 2.31. The van der Waals surface area contributed by atoms with Crippen molar-refractivity contribution in [1.29, 1.82) is 0 Å². The van der Waals surface area contributed by atoms with Crippen LogP contribution in [0.5, 0.6) is 5.75 Å². The molecule has 1 fully saturated rings. The number of rotatable bonds is 1. The maximum absolute atomic E-state index is 9.29. The van der Waals surface area contributed by atoms with E-state index in [1.54, 1.807) is 19.1 Å². The molecule has 1 aliphatic heterocycles. The van der Waals surface area contributed by atoms with Gasteiger partial charge in [0.25, 0.3) is 0 Å². The highest BCUT2D eigenvalue weighted by Crippen LogP contribution is 2.20. The first-order valence-corrected chi connectivity index (χ1v) is 5.50. The third kappa shape index (κ3) is 4.08. The largest absolute Gasteiger partial charge is 0.508 e. The molecule has 1 aromatic carbocycles. The molecule has 2 rings (SSSR count). The van der Waals surface area contributed by atoms with Gasteiger partial charge in [-0.1, -0.05) is 6.07 Å². The van der Waals surface area contributed by atoms with Gasteiger partial charge in [-0.15, -0.1) is 0 Å². The molecule has 0 aliphatic carbocycles. The van der Waals surface area contributed by atoms with Crippen molar-refractivity contribution in [1.82, 2.24) is 0 Å². The second-order valence-corrected chi connectivity index (χ2v) is 3.44. The molecule has 0 amide bonds. The fraction of sp³-hybridized carbons (Fsp3) is 0.500. The number of benzene rings is 1. The zero-order valence-electron chi connectivity index (χ0n) is 9.59. The molecular formula is C12H19NO3. The number of nitrogens with zero attached hydrogens (tertiary/aromatic N) is 1. The van der Waals surface area contributed by atoms with E-state index in [0.29, 0.717) is 5.75 Å². The average molecular weight is 225 g/mol. The molecule has 1 aromatic rings. The topological polar surface area (TPSA) is 52.9 Å². The standard InChI is InChI=1S/C10H13NO2.C2H6O/c12-10-3-1-2-9(8-10)11-4-6-13-7-5-11;1-2-3/h1-3,8,12H,4-7H2;3H,2H2,1H3. The van der Waals surface area contributed by atoms with Crippen molar-refractivity contribution in [3.63, 3.8) is 0 Å². The molecule has 0 aromatic heterocycles. The van der Waals surface area contributed by atoms with E-state index in [-0.39, 0.29) is 6.61 Å². The molecule has 16 heavy (non-hydrogen) atoms. The van der Waals surface area contributed by atoms with Gasteiger partial charge in [0.05, 0.1) is 13.2 Å². The van der Waals surface area contributed by atoms with Crippen LogP contribution in [0.2, 0.25) is 0 Å². The van der Waals surface area contributed by atoms with E-state index in [2.05, 4.69) is 4.90 Å². The van der Waals surface area contributed by atoms with Gasteiger partial charge in [0.15, 0.2) is 0 Å². The fourth-order valence-electron chi connectivity index (χ4n) is 1.51. The van der Waals surface area contributed by atoms with Crippen molar-refractivity contribution in [3.05, 3.63) is 24.3 Å². The number of ether oxygens (including phenoxy) is 1. The lowest BCUT2D eigenvalue weighted by Gasteiger charge is -2.28. The van der Waals surface area contributed by atoms with Crippen molar-refractivity contribution in [2.24, 2.45) is 0 Å². The molecule has 0 atom stereocenters. The van der Waals surface area contributed by atoms with Crippen molar-refractivity contribution >= 4 is 5.69 Å². The van der Waals surface area contributed by atoms with Crippen molar-refractivity contribution in [3.8, 4) is 5.75 Å². The first-order valence-electron chi connectivity index (χ1n) is 5.50. The Kier molecular flexibility index (Phi) is 5.67. The second kappa shape index (κ2) is 7.09. The van der Waals surface area contributed by atoms with Crippen LogP contribution in [0.1, 0.15) is 6.92 Å². The van der Waals surface area contributed by atoms with Crippen LogP contribution in [-0.4, -0.2) is 43.1 Å². The zero-order valence-corrected chi connectivity index (χ0v) is 9.59. The smallest absolute Gasteiger partial charge is 0.117 e. The molecule has 1 aliphatic rings. The highest BCUT2D eigenvalue weighted by Gasteiger charge is 2.10. The first-order chi connectivity index (χ1) is 7.77. The SMILES string of the molecule is CCO.Oc1cccc(N2CCOCC2)c1. The molecule has 0 spiro atoms. The van der Waals surface area contributed by atoms with Gasteiger partial charge < -0.3 is 19.8 Å². The minimum absolute atomic E-state index is 0.250. The summed E-state index contributed by atoms with van der Waals surface area (Å²) in [4.78, 5) is 2.21. The molecule has 2 N–H and O–H groups in total. The van der Waals surface area contributed by atoms with Gasteiger partial charge in [-0.3, -0.25) is 0 Å². The monoisotopic (exact) mass is 225 g/mol. The van der Waals surface area contributed by atoms with Gasteiger partial charge in [-0.05, 0) is 19.1 Å². The van der Waals surface area contributed by atoms with Crippen molar-refractivity contribution in [2.45, 2.75) is 6.92 Å². The molecule has 1 saturated heterocycles. The number of anilines is 1. The summed E-state index contributed by atoms with van der Waals surface area (Å²) < 4.78 is 5.25. The predicted octanol–water partition coefficient (Wildman–Crippen LogP) is 1.23. The maximum atomic E-state index is 9.29. The molecule has 0 bridgehead atoms. The lowest BCUT2D eigenvalue weighted by molar-refractivity contribution is 0.122. The second-order valence-electron chi connectivity index (χ2n) is 3.44. The van der Waals surface area contributed by atoms with Crippen LogP contribution in [0.3, 0.4) is 0 Å². The van der Waals surface area contributed by atoms with Crippen LogP contribution in [0.25, 0.3) is 0 Å². The summed E-state index contributed by atoms with van der Waals surface area (Å²) in [7, 11) is 0. The lowest BCUT2D eigenvalue weighted by atomic mass is 10.2. The Labute approximate surface area is 96.1 Å². The van der Waals surface area contributed by atoms with E-state index < -0.39 is 0 Å². The number of hydrogen-bond donors (Lipinski definition) is 2. The molecule has 0 saturated carbocycles. The van der Waals surface area contributed by atoms with Gasteiger partial charge >= 0.3 is 0 Å². The van der Waals surface area contributed by atoms with Crippen LogP contribution in [-0.2, 0) is 4.74 Å². The summed E-state index contributed by atoms with van der Waals surface area (Å²) in [5.74, 6) is 0.323. The maximum Gasteiger partial charge on any atom is 0.117 e. The van der Waals surface area contributed by atoms with Crippen molar-refractivity contribution < 1.29 is 14.9 Å². The van der Waals surface area contributed by atoms with Crippen LogP contribution >= 0.6 is 0 Å². The predicted molar refractivity (Wildman–Crippen MR) is 63.9 cm³/mol. The van der Waals surface area contributed by atoms with Gasteiger partial charge in [0.2, 0.25) is 0 Å². The van der Waals surface area contributed by atoms with Crippen LogP contribution in [0, 0.1) is 0 Å². The normalized spacial score (nSPS) is 15.2. The number of aliphatic hydroxyl groups is 1. The summed E-state index contributed by atoms with van der Waals surface area (Å²) in [6.45, 7) is 5.29. The zero-order chi connectivity index (χ0) is 11.8. The fourth-order valence-corrected chi connectivity index (χ4v) is 1.51. The molecule has 1 heterocycles.